The van der Waals surface area contributed by atoms with Crippen molar-refractivity contribution in [1.29, 1.82) is 0 Å². The molecule has 1 aromatic carbocycles. The van der Waals surface area contributed by atoms with Gasteiger partial charge < -0.3 is 9.67 Å². The average molecular weight is 300 g/mol. The largest absolute Gasteiger partial charge is 0.481 e. The van der Waals surface area contributed by atoms with Crippen LogP contribution in [0.2, 0.25) is 0 Å². The summed E-state index contributed by atoms with van der Waals surface area (Å²) in [4.78, 5) is 24.0. The van der Waals surface area contributed by atoms with E-state index < -0.39 is 11.4 Å². The third-order valence-electron chi connectivity index (χ3n) is 4.74. The number of aliphatic carboxylic acids is 1. The van der Waals surface area contributed by atoms with Crippen molar-refractivity contribution in [3.05, 3.63) is 52.7 Å². The van der Waals surface area contributed by atoms with Gasteiger partial charge in [0.2, 0.25) is 0 Å². The van der Waals surface area contributed by atoms with Crippen LogP contribution in [0.25, 0.3) is 5.69 Å². The molecular weight excluding hydrogens is 280 g/mol. The van der Waals surface area contributed by atoms with E-state index in [0.717, 1.165) is 24.8 Å². The van der Waals surface area contributed by atoms with Gasteiger partial charge in [0, 0.05) is 19.4 Å². The first-order valence-electron chi connectivity index (χ1n) is 7.63. The van der Waals surface area contributed by atoms with Crippen LogP contribution in [0.3, 0.4) is 0 Å². The third-order valence-corrected chi connectivity index (χ3v) is 4.74. The molecule has 5 nitrogen and oxygen atoms in total. The molecule has 5 heteroatoms. The van der Waals surface area contributed by atoms with Gasteiger partial charge in [-0.1, -0.05) is 31.4 Å². The second-order valence-corrected chi connectivity index (χ2v) is 6.06. The molecule has 0 radical (unpaired) electrons. The summed E-state index contributed by atoms with van der Waals surface area (Å²) >= 11 is 0. The van der Waals surface area contributed by atoms with Crippen LogP contribution in [-0.2, 0) is 17.3 Å². The van der Waals surface area contributed by atoms with Crippen LogP contribution in [0.15, 0.2) is 41.5 Å². The fraction of sp³-hybridized carbons (Fsp3) is 0.412. The van der Waals surface area contributed by atoms with Gasteiger partial charge in [0.1, 0.15) is 0 Å². The number of carboxylic acids is 1. The number of carboxylic acid groups (broad SMARTS) is 1. The van der Waals surface area contributed by atoms with E-state index in [4.69, 9.17) is 0 Å². The zero-order valence-electron chi connectivity index (χ0n) is 12.7. The maximum atomic E-state index is 12.1. The first kappa shape index (κ1) is 14.6. The highest BCUT2D eigenvalue weighted by Gasteiger charge is 2.41. The molecule has 0 spiro atoms. The predicted octanol–water partition coefficient (Wildman–Crippen LogP) is 2.46. The van der Waals surface area contributed by atoms with E-state index in [1.54, 1.807) is 24.0 Å². The molecule has 1 aliphatic rings. The molecular formula is C17H20N2O3. The first-order chi connectivity index (χ1) is 10.5. The lowest BCUT2D eigenvalue weighted by Crippen LogP contribution is -2.38. The SMILES string of the molecule is Cn1ccn(-c2cccc(C3(C(=O)O)CCCCC3)c2)c1=O. The Labute approximate surface area is 128 Å². The summed E-state index contributed by atoms with van der Waals surface area (Å²) in [6.07, 6.45) is 7.68. The summed E-state index contributed by atoms with van der Waals surface area (Å²) in [6.45, 7) is 0. The number of benzene rings is 1. The van der Waals surface area contributed by atoms with E-state index in [-0.39, 0.29) is 5.69 Å². The van der Waals surface area contributed by atoms with Crippen LogP contribution in [0, 0.1) is 0 Å². The van der Waals surface area contributed by atoms with Crippen LogP contribution >= 0.6 is 0 Å². The quantitative estimate of drug-likeness (QED) is 0.947. The summed E-state index contributed by atoms with van der Waals surface area (Å²) in [6, 6.07) is 7.39. The van der Waals surface area contributed by atoms with Crippen molar-refractivity contribution in [3.63, 3.8) is 0 Å². The molecule has 0 amide bonds. The minimum Gasteiger partial charge on any atom is -0.481 e. The van der Waals surface area contributed by atoms with Gasteiger partial charge in [-0.2, -0.15) is 0 Å². The highest BCUT2D eigenvalue weighted by atomic mass is 16.4. The van der Waals surface area contributed by atoms with Gasteiger partial charge in [-0.3, -0.25) is 9.36 Å². The van der Waals surface area contributed by atoms with E-state index >= 15 is 0 Å². The van der Waals surface area contributed by atoms with Crippen molar-refractivity contribution in [2.75, 3.05) is 0 Å². The minimum atomic E-state index is -0.813. The number of hydrogen-bond acceptors (Lipinski definition) is 2. The summed E-state index contributed by atoms with van der Waals surface area (Å²) in [5.74, 6) is -0.759. The number of hydrogen-bond donors (Lipinski definition) is 1. The highest BCUT2D eigenvalue weighted by Crippen LogP contribution is 2.40. The van der Waals surface area contributed by atoms with E-state index in [2.05, 4.69) is 0 Å². The van der Waals surface area contributed by atoms with Crippen molar-refractivity contribution in [2.24, 2.45) is 7.05 Å². The lowest BCUT2D eigenvalue weighted by molar-refractivity contribution is -0.145. The lowest BCUT2D eigenvalue weighted by atomic mass is 9.69. The van der Waals surface area contributed by atoms with E-state index in [1.807, 2.05) is 24.3 Å². The maximum absolute atomic E-state index is 12.1. The van der Waals surface area contributed by atoms with Crippen molar-refractivity contribution in [1.82, 2.24) is 9.13 Å². The van der Waals surface area contributed by atoms with Crippen molar-refractivity contribution < 1.29 is 9.90 Å². The molecule has 116 valence electrons. The van der Waals surface area contributed by atoms with Gasteiger partial charge in [-0.25, -0.2) is 4.79 Å². The molecule has 3 rings (SSSR count). The molecule has 1 aliphatic carbocycles. The number of nitrogens with zero attached hydrogens (tertiary/aromatic N) is 2. The molecule has 0 atom stereocenters. The van der Waals surface area contributed by atoms with E-state index in [9.17, 15) is 14.7 Å². The molecule has 0 aliphatic heterocycles. The molecule has 2 aromatic rings. The van der Waals surface area contributed by atoms with Crippen molar-refractivity contribution >= 4 is 5.97 Å². The van der Waals surface area contributed by atoms with Gasteiger partial charge in [0.15, 0.2) is 0 Å². The molecule has 1 aromatic heterocycles. The highest BCUT2D eigenvalue weighted by molar-refractivity contribution is 5.81. The lowest BCUT2D eigenvalue weighted by Gasteiger charge is -2.33. The van der Waals surface area contributed by atoms with Crippen LogP contribution in [0.5, 0.6) is 0 Å². The first-order valence-corrected chi connectivity index (χ1v) is 7.63. The Bertz CT molecular complexity index is 751. The number of aromatic nitrogens is 2. The Morgan fingerprint density at radius 3 is 2.50 bits per heavy atom. The summed E-state index contributed by atoms with van der Waals surface area (Å²) in [5.41, 5.74) is 0.569. The fourth-order valence-corrected chi connectivity index (χ4v) is 3.40. The van der Waals surface area contributed by atoms with Gasteiger partial charge in [-0.15, -0.1) is 0 Å². The second-order valence-electron chi connectivity index (χ2n) is 6.06. The molecule has 1 heterocycles. The van der Waals surface area contributed by atoms with Gasteiger partial charge in [0.25, 0.3) is 0 Å². The summed E-state index contributed by atoms with van der Waals surface area (Å²) in [7, 11) is 1.70. The average Bonchev–Trinajstić information content (AvgIpc) is 2.87. The number of imidazole rings is 1. The molecule has 1 saturated carbocycles. The van der Waals surface area contributed by atoms with Gasteiger partial charge >= 0.3 is 11.7 Å². The molecule has 22 heavy (non-hydrogen) atoms. The van der Waals surface area contributed by atoms with Crippen LogP contribution < -0.4 is 5.69 Å². The van der Waals surface area contributed by atoms with Crippen molar-refractivity contribution in [3.8, 4) is 5.69 Å². The Morgan fingerprint density at radius 1 is 1.18 bits per heavy atom. The number of carbonyl (C=O) groups is 1. The Hall–Kier alpha value is -2.30. The molecule has 1 fully saturated rings. The summed E-state index contributed by atoms with van der Waals surface area (Å²) < 4.78 is 3.04. The minimum absolute atomic E-state index is 0.134. The predicted molar refractivity (Wildman–Crippen MR) is 83.4 cm³/mol. The van der Waals surface area contributed by atoms with Gasteiger partial charge in [-0.05, 0) is 30.5 Å². The van der Waals surface area contributed by atoms with Crippen molar-refractivity contribution in [2.45, 2.75) is 37.5 Å². The maximum Gasteiger partial charge on any atom is 0.332 e. The molecule has 0 bridgehead atoms. The van der Waals surface area contributed by atoms with E-state index in [0.29, 0.717) is 18.5 Å². The van der Waals surface area contributed by atoms with Gasteiger partial charge in [0.05, 0.1) is 11.1 Å². The topological polar surface area (TPSA) is 64.2 Å². The second kappa shape index (κ2) is 5.48. The summed E-state index contributed by atoms with van der Waals surface area (Å²) in [5, 5.41) is 9.79. The smallest absolute Gasteiger partial charge is 0.332 e. The Balaban J connectivity index is 2.08. The molecule has 1 N–H and O–H groups in total. The number of rotatable bonds is 3. The van der Waals surface area contributed by atoms with Crippen LogP contribution in [0.1, 0.15) is 37.7 Å². The number of aryl methyl sites for hydroxylation is 1. The fourth-order valence-electron chi connectivity index (χ4n) is 3.40. The molecule has 0 unspecified atom stereocenters. The van der Waals surface area contributed by atoms with Crippen LogP contribution in [0.4, 0.5) is 0 Å². The van der Waals surface area contributed by atoms with Crippen LogP contribution in [-0.4, -0.2) is 20.2 Å². The standard InChI is InChI=1S/C17H20N2O3/c1-18-10-11-19(16(18)22)14-7-5-6-13(12-14)17(15(20)21)8-3-2-4-9-17/h5-7,10-12H,2-4,8-9H2,1H3,(H,20,21). The zero-order chi connectivity index (χ0) is 15.7. The monoisotopic (exact) mass is 300 g/mol. The Morgan fingerprint density at radius 2 is 1.91 bits per heavy atom. The molecule has 0 saturated heterocycles. The third kappa shape index (κ3) is 2.26. The normalized spacial score (nSPS) is 17.3. The Kier molecular flexibility index (Phi) is 3.64. The zero-order valence-corrected chi connectivity index (χ0v) is 12.7. The van der Waals surface area contributed by atoms with E-state index in [1.165, 1.54) is 4.57 Å².